The topological polar surface area (TPSA) is 30.2 Å². The first-order valence-corrected chi connectivity index (χ1v) is 4.87. The summed E-state index contributed by atoms with van der Waals surface area (Å²) in [5.74, 6) is 0. The Morgan fingerprint density at radius 2 is 2.17 bits per heavy atom. The van der Waals surface area contributed by atoms with Gasteiger partial charge in [-0.05, 0) is 22.6 Å². The number of pyridine rings is 1. The van der Waals surface area contributed by atoms with Crippen LogP contribution in [0, 0.1) is 3.57 Å². The van der Waals surface area contributed by atoms with E-state index >= 15 is 0 Å². The van der Waals surface area contributed by atoms with E-state index in [0.717, 1.165) is 3.57 Å². The van der Waals surface area contributed by atoms with Crippen molar-refractivity contribution in [1.82, 2.24) is 14.6 Å². The minimum Gasteiger partial charge on any atom is -0.215 e. The third kappa shape index (κ3) is 1.18. The summed E-state index contributed by atoms with van der Waals surface area (Å²) < 4.78 is 2.32. The van der Waals surface area contributed by atoms with Gasteiger partial charge in [0.15, 0.2) is 5.65 Å². The smallest absolute Gasteiger partial charge is 0.158 e. The van der Waals surface area contributed by atoms with Crippen LogP contribution in [0.1, 0.15) is 0 Å². The van der Waals surface area contributed by atoms with Gasteiger partial charge in [0.1, 0.15) is 11.5 Å². The number of rotatable bonds is 0. The highest BCUT2D eigenvalue weighted by molar-refractivity contribution is 14.1. The zero-order chi connectivity index (χ0) is 8.72. The molecule has 2 rings (SSSR count). The third-order valence-electron chi connectivity index (χ3n) is 1.41. The molecule has 0 saturated heterocycles. The molecule has 0 bridgehead atoms. The van der Waals surface area contributed by atoms with Crippen molar-refractivity contribution in [3.8, 4) is 0 Å². The van der Waals surface area contributed by atoms with Crippen molar-refractivity contribution in [1.29, 1.82) is 0 Å². The molecule has 2 aromatic heterocycles. The van der Waals surface area contributed by atoms with Crippen LogP contribution in [0.2, 0.25) is 10.2 Å². The fourth-order valence-corrected chi connectivity index (χ4v) is 1.72. The van der Waals surface area contributed by atoms with E-state index in [1.54, 1.807) is 6.07 Å². The van der Waals surface area contributed by atoms with E-state index in [2.05, 4.69) is 32.7 Å². The predicted molar refractivity (Wildman–Crippen MR) is 55.7 cm³/mol. The number of hydrogen-bond acceptors (Lipinski definition) is 2. The Bertz CT molecular complexity index is 440. The van der Waals surface area contributed by atoms with Crippen LogP contribution in [0.15, 0.2) is 12.4 Å². The largest absolute Gasteiger partial charge is 0.215 e. The molecule has 0 spiro atoms. The first-order chi connectivity index (χ1) is 5.70. The molecular weight excluding hydrogens is 312 g/mol. The van der Waals surface area contributed by atoms with E-state index in [-0.39, 0.29) is 0 Å². The molecule has 0 unspecified atom stereocenters. The van der Waals surface area contributed by atoms with Crippen LogP contribution in [-0.2, 0) is 0 Å². The Morgan fingerprint density at radius 1 is 1.42 bits per heavy atom. The highest BCUT2D eigenvalue weighted by atomic mass is 127. The summed E-state index contributed by atoms with van der Waals surface area (Å²) >= 11 is 13.9. The maximum absolute atomic E-state index is 5.94. The van der Waals surface area contributed by atoms with Crippen LogP contribution >= 0.6 is 45.8 Å². The molecule has 6 heteroatoms. The molecule has 62 valence electrons. The SMILES string of the molecule is Clc1cc2ncnn2c(Cl)c1I. The highest BCUT2D eigenvalue weighted by Crippen LogP contribution is 2.26. The van der Waals surface area contributed by atoms with Crippen LogP contribution in [0.25, 0.3) is 5.65 Å². The summed E-state index contributed by atoms with van der Waals surface area (Å²) in [7, 11) is 0. The minimum absolute atomic E-state index is 0.496. The summed E-state index contributed by atoms with van der Waals surface area (Å²) in [5.41, 5.74) is 0.658. The number of nitrogens with zero attached hydrogens (tertiary/aromatic N) is 3. The molecule has 2 aromatic rings. The van der Waals surface area contributed by atoms with Crippen LogP contribution < -0.4 is 0 Å². The first kappa shape index (κ1) is 8.52. The molecule has 3 nitrogen and oxygen atoms in total. The van der Waals surface area contributed by atoms with E-state index in [4.69, 9.17) is 23.2 Å². The van der Waals surface area contributed by atoms with Gasteiger partial charge in [0.05, 0.1) is 8.59 Å². The molecule has 0 atom stereocenters. The van der Waals surface area contributed by atoms with Crippen molar-refractivity contribution in [2.75, 3.05) is 0 Å². The Labute approximate surface area is 91.8 Å². The minimum atomic E-state index is 0.496. The lowest BCUT2D eigenvalue weighted by atomic mass is 10.5. The van der Waals surface area contributed by atoms with Crippen LogP contribution in [0.5, 0.6) is 0 Å². The van der Waals surface area contributed by atoms with E-state index in [9.17, 15) is 0 Å². The van der Waals surface area contributed by atoms with Gasteiger partial charge in [-0.25, -0.2) is 9.50 Å². The lowest BCUT2D eigenvalue weighted by Gasteiger charge is -2.00. The van der Waals surface area contributed by atoms with Gasteiger partial charge in [0.25, 0.3) is 0 Å². The first-order valence-electron chi connectivity index (χ1n) is 3.03. The monoisotopic (exact) mass is 313 g/mol. The third-order valence-corrected chi connectivity index (χ3v) is 3.78. The van der Waals surface area contributed by atoms with E-state index in [0.29, 0.717) is 15.8 Å². The van der Waals surface area contributed by atoms with Crippen molar-refractivity contribution in [3.63, 3.8) is 0 Å². The highest BCUT2D eigenvalue weighted by Gasteiger charge is 2.08. The average molecular weight is 314 g/mol. The number of hydrogen-bond donors (Lipinski definition) is 0. The van der Waals surface area contributed by atoms with Gasteiger partial charge < -0.3 is 0 Å². The maximum Gasteiger partial charge on any atom is 0.158 e. The van der Waals surface area contributed by atoms with Gasteiger partial charge in [0, 0.05) is 6.07 Å². The standard InChI is InChI=1S/C6H2Cl2IN3/c7-3-1-4-10-2-11-12(4)6(8)5(3)9/h1-2H. The Balaban J connectivity index is 2.94. The van der Waals surface area contributed by atoms with Gasteiger partial charge in [-0.2, -0.15) is 5.10 Å². The summed E-state index contributed by atoms with van der Waals surface area (Å²) in [6.45, 7) is 0. The zero-order valence-electron chi connectivity index (χ0n) is 5.63. The predicted octanol–water partition coefficient (Wildman–Crippen LogP) is 2.64. The van der Waals surface area contributed by atoms with Crippen molar-refractivity contribution in [2.45, 2.75) is 0 Å². The molecule has 0 aromatic carbocycles. The van der Waals surface area contributed by atoms with Gasteiger partial charge in [-0.15, -0.1) is 0 Å². The van der Waals surface area contributed by atoms with Crippen molar-refractivity contribution < 1.29 is 0 Å². The van der Waals surface area contributed by atoms with Gasteiger partial charge in [0.2, 0.25) is 0 Å². The molecule has 0 aliphatic carbocycles. The summed E-state index contributed by atoms with van der Waals surface area (Å²) in [6, 6.07) is 1.72. The Hall–Kier alpha value is -0.0700. The molecule has 0 aliphatic heterocycles. The average Bonchev–Trinajstić information content (AvgIpc) is 2.48. The van der Waals surface area contributed by atoms with Gasteiger partial charge in [-0.1, -0.05) is 23.2 Å². The van der Waals surface area contributed by atoms with Gasteiger partial charge in [-0.3, -0.25) is 0 Å². The maximum atomic E-state index is 5.94. The molecule has 12 heavy (non-hydrogen) atoms. The molecule has 0 aliphatic rings. The zero-order valence-corrected chi connectivity index (χ0v) is 9.30. The van der Waals surface area contributed by atoms with E-state index in [1.165, 1.54) is 10.8 Å². The summed E-state index contributed by atoms with van der Waals surface area (Å²) in [4.78, 5) is 3.96. The van der Waals surface area contributed by atoms with Crippen LogP contribution in [0.3, 0.4) is 0 Å². The number of halogens is 3. The number of fused-ring (bicyclic) bond motifs is 1. The quantitative estimate of drug-likeness (QED) is 0.553. The second kappa shape index (κ2) is 3.01. The van der Waals surface area contributed by atoms with Crippen molar-refractivity contribution in [2.24, 2.45) is 0 Å². The summed E-state index contributed by atoms with van der Waals surface area (Å²) in [6.07, 6.45) is 1.44. The second-order valence-electron chi connectivity index (χ2n) is 2.13. The Morgan fingerprint density at radius 3 is 2.92 bits per heavy atom. The van der Waals surface area contributed by atoms with E-state index < -0.39 is 0 Å². The molecular formula is C6H2Cl2IN3. The fraction of sp³-hybridized carbons (Fsp3) is 0. The van der Waals surface area contributed by atoms with Gasteiger partial charge >= 0.3 is 0 Å². The fourth-order valence-electron chi connectivity index (χ4n) is 0.868. The summed E-state index contributed by atoms with van der Waals surface area (Å²) in [5, 5.41) is 5.02. The molecule has 0 N–H and O–H groups in total. The normalized spacial score (nSPS) is 10.9. The lowest BCUT2D eigenvalue weighted by Crippen LogP contribution is -1.92. The second-order valence-corrected chi connectivity index (χ2v) is 3.97. The van der Waals surface area contributed by atoms with Crippen LogP contribution in [-0.4, -0.2) is 14.6 Å². The van der Waals surface area contributed by atoms with Crippen molar-refractivity contribution in [3.05, 3.63) is 26.1 Å². The lowest BCUT2D eigenvalue weighted by molar-refractivity contribution is 0.957. The number of aromatic nitrogens is 3. The molecule has 0 amide bonds. The Kier molecular flexibility index (Phi) is 2.14. The van der Waals surface area contributed by atoms with Crippen LogP contribution in [0.4, 0.5) is 0 Å². The molecule has 0 radical (unpaired) electrons. The molecule has 0 fully saturated rings. The molecule has 0 saturated carbocycles. The molecule has 2 heterocycles. The van der Waals surface area contributed by atoms with Crippen molar-refractivity contribution >= 4 is 51.4 Å². The van der Waals surface area contributed by atoms with E-state index in [1.807, 2.05) is 0 Å².